The van der Waals surface area contributed by atoms with Gasteiger partial charge in [0.2, 0.25) is 5.91 Å². The van der Waals surface area contributed by atoms with Gasteiger partial charge in [-0.1, -0.05) is 44.0 Å². The first-order chi connectivity index (χ1) is 13.8. The average Bonchev–Trinajstić information content (AvgIpc) is 3.13. The Morgan fingerprint density at radius 3 is 2.76 bits per heavy atom. The zero-order chi connectivity index (χ0) is 20.8. The van der Waals surface area contributed by atoms with Crippen LogP contribution in [-0.4, -0.2) is 28.5 Å². The van der Waals surface area contributed by atoms with Crippen molar-refractivity contribution in [3.05, 3.63) is 44.5 Å². The first kappa shape index (κ1) is 20.7. The largest absolute Gasteiger partial charge is 0.335 e. The van der Waals surface area contributed by atoms with Crippen LogP contribution in [0.3, 0.4) is 0 Å². The number of amides is 1. The summed E-state index contributed by atoms with van der Waals surface area (Å²) in [4.78, 5) is 17.4. The number of rotatable bonds is 3. The maximum Gasteiger partial charge on any atom is 0.246 e. The average molecular weight is 451 g/mol. The van der Waals surface area contributed by atoms with Crippen molar-refractivity contribution in [1.29, 1.82) is 0 Å². The van der Waals surface area contributed by atoms with E-state index in [1.54, 1.807) is 6.07 Å². The van der Waals surface area contributed by atoms with Gasteiger partial charge in [-0.2, -0.15) is 0 Å². The summed E-state index contributed by atoms with van der Waals surface area (Å²) in [5.74, 6) is -0.0946. The van der Waals surface area contributed by atoms with E-state index >= 15 is 0 Å². The summed E-state index contributed by atoms with van der Waals surface area (Å²) >= 11 is 14.3. The minimum atomic E-state index is -0.0946. The monoisotopic (exact) mass is 450 g/mol. The third-order valence-electron chi connectivity index (χ3n) is 5.25. The van der Waals surface area contributed by atoms with Crippen LogP contribution in [0.1, 0.15) is 37.7 Å². The summed E-state index contributed by atoms with van der Waals surface area (Å²) in [5.41, 5.74) is 4.23. The Balaban J connectivity index is 1.67. The Morgan fingerprint density at radius 2 is 2.03 bits per heavy atom. The molecule has 0 fully saturated rings. The molecular weight excluding hydrogens is 427 g/mol. The van der Waals surface area contributed by atoms with E-state index in [1.807, 2.05) is 11.4 Å². The molecule has 2 aromatic heterocycles. The molecule has 8 heteroatoms. The topological polar surface area (TPSA) is 59.0 Å². The standard InChI is InChI=1S/C21H24Cl2N4OS/c1-21(2,3)16-11-29-20(25-16)26-17(28)10-27-14-7-9-24-8-6-12(14)18-15(27)5-4-13(22)19(18)23/h4-5,11,24H,6-10H2,1-3H3,(H,25,26,28). The molecule has 29 heavy (non-hydrogen) atoms. The normalized spacial score (nSPS) is 14.7. The van der Waals surface area contributed by atoms with Crippen LogP contribution >= 0.6 is 34.5 Å². The van der Waals surface area contributed by atoms with E-state index in [1.165, 1.54) is 16.9 Å². The lowest BCUT2D eigenvalue weighted by Crippen LogP contribution is -2.21. The van der Waals surface area contributed by atoms with Gasteiger partial charge in [0.1, 0.15) is 6.54 Å². The predicted octanol–water partition coefficient (Wildman–Crippen LogP) is 5.03. The summed E-state index contributed by atoms with van der Waals surface area (Å²) in [6.45, 7) is 8.30. The molecule has 0 saturated heterocycles. The number of nitrogens with one attached hydrogen (secondary N) is 2. The van der Waals surface area contributed by atoms with Gasteiger partial charge < -0.3 is 15.2 Å². The highest BCUT2D eigenvalue weighted by molar-refractivity contribution is 7.13. The Morgan fingerprint density at radius 1 is 1.28 bits per heavy atom. The maximum absolute atomic E-state index is 12.9. The number of hydrogen-bond donors (Lipinski definition) is 2. The van der Waals surface area contributed by atoms with Gasteiger partial charge in [-0.05, 0) is 30.7 Å². The van der Waals surface area contributed by atoms with E-state index in [0.717, 1.165) is 48.2 Å². The molecule has 0 bridgehead atoms. The lowest BCUT2D eigenvalue weighted by atomic mass is 9.93. The van der Waals surface area contributed by atoms with E-state index in [-0.39, 0.29) is 17.9 Å². The Labute approximate surface area is 184 Å². The molecule has 0 atom stereocenters. The van der Waals surface area contributed by atoms with Crippen molar-refractivity contribution in [3.63, 3.8) is 0 Å². The zero-order valence-corrected chi connectivity index (χ0v) is 19.1. The number of hydrogen-bond acceptors (Lipinski definition) is 4. The van der Waals surface area contributed by atoms with Crippen molar-refractivity contribution < 1.29 is 4.79 Å². The van der Waals surface area contributed by atoms with Crippen LogP contribution in [0.4, 0.5) is 5.13 Å². The molecule has 1 aromatic carbocycles. The molecule has 1 amide bonds. The van der Waals surface area contributed by atoms with Crippen molar-refractivity contribution in [1.82, 2.24) is 14.9 Å². The molecule has 2 N–H and O–H groups in total. The van der Waals surface area contributed by atoms with Crippen molar-refractivity contribution in [2.75, 3.05) is 18.4 Å². The summed E-state index contributed by atoms with van der Waals surface area (Å²) < 4.78 is 2.08. The van der Waals surface area contributed by atoms with Crippen LogP contribution in [0.5, 0.6) is 0 Å². The van der Waals surface area contributed by atoms with E-state index in [4.69, 9.17) is 23.2 Å². The molecule has 154 valence electrons. The highest BCUT2D eigenvalue weighted by Crippen LogP contribution is 2.37. The van der Waals surface area contributed by atoms with Gasteiger partial charge in [0.25, 0.3) is 0 Å². The minimum Gasteiger partial charge on any atom is -0.335 e. The number of fused-ring (bicyclic) bond motifs is 3. The van der Waals surface area contributed by atoms with Crippen LogP contribution in [0.15, 0.2) is 17.5 Å². The molecule has 5 nitrogen and oxygen atoms in total. The molecule has 3 aromatic rings. The summed E-state index contributed by atoms with van der Waals surface area (Å²) in [7, 11) is 0. The van der Waals surface area contributed by atoms with Crippen LogP contribution < -0.4 is 10.6 Å². The van der Waals surface area contributed by atoms with Crippen molar-refractivity contribution >= 4 is 56.5 Å². The molecule has 0 radical (unpaired) electrons. The first-order valence-electron chi connectivity index (χ1n) is 9.70. The summed E-state index contributed by atoms with van der Waals surface area (Å²) in [6, 6.07) is 3.76. The van der Waals surface area contributed by atoms with Crippen molar-refractivity contribution in [2.24, 2.45) is 0 Å². The summed E-state index contributed by atoms with van der Waals surface area (Å²) in [5, 5.41) is 11.1. The fourth-order valence-corrected chi connectivity index (χ4v) is 5.15. The van der Waals surface area contributed by atoms with Gasteiger partial charge in [0.05, 0.1) is 21.3 Å². The molecule has 0 unspecified atom stereocenters. The molecule has 3 heterocycles. The Kier molecular flexibility index (Phi) is 5.64. The fourth-order valence-electron chi connectivity index (χ4n) is 3.76. The van der Waals surface area contributed by atoms with E-state index in [2.05, 4.69) is 41.0 Å². The SMILES string of the molecule is CC(C)(C)c1csc(NC(=O)Cn2c3c(c4c(Cl)c(Cl)ccc42)CCNCC3)n1. The van der Waals surface area contributed by atoms with E-state index in [0.29, 0.717) is 15.2 Å². The second kappa shape index (κ2) is 7.91. The van der Waals surface area contributed by atoms with Gasteiger partial charge >= 0.3 is 0 Å². The summed E-state index contributed by atoms with van der Waals surface area (Å²) in [6.07, 6.45) is 1.71. The van der Waals surface area contributed by atoms with Gasteiger partial charge in [0, 0.05) is 34.8 Å². The molecular formula is C21H24Cl2N4OS. The fraction of sp³-hybridized carbons (Fsp3) is 0.429. The molecule has 0 saturated carbocycles. The third-order valence-corrected chi connectivity index (χ3v) is 6.81. The number of anilines is 1. The van der Waals surface area contributed by atoms with Gasteiger partial charge in [-0.3, -0.25) is 4.79 Å². The molecule has 0 aliphatic carbocycles. The maximum atomic E-state index is 12.9. The van der Waals surface area contributed by atoms with Crippen LogP contribution in [0.25, 0.3) is 10.9 Å². The van der Waals surface area contributed by atoms with Crippen LogP contribution in [-0.2, 0) is 29.6 Å². The number of nitrogens with zero attached hydrogens (tertiary/aromatic N) is 2. The quantitative estimate of drug-likeness (QED) is 0.587. The van der Waals surface area contributed by atoms with Gasteiger partial charge in [-0.15, -0.1) is 11.3 Å². The lowest BCUT2D eigenvalue weighted by molar-refractivity contribution is -0.116. The second-order valence-electron chi connectivity index (χ2n) is 8.35. The molecule has 0 spiro atoms. The first-order valence-corrected chi connectivity index (χ1v) is 11.3. The highest BCUT2D eigenvalue weighted by Gasteiger charge is 2.23. The minimum absolute atomic E-state index is 0.0452. The predicted molar refractivity (Wildman–Crippen MR) is 122 cm³/mol. The Bertz CT molecular complexity index is 1080. The number of halogens is 2. The van der Waals surface area contributed by atoms with Crippen LogP contribution in [0, 0.1) is 0 Å². The van der Waals surface area contributed by atoms with E-state index < -0.39 is 0 Å². The Hall–Kier alpha value is -1.60. The van der Waals surface area contributed by atoms with Gasteiger partial charge in [-0.25, -0.2) is 4.98 Å². The zero-order valence-electron chi connectivity index (χ0n) is 16.7. The van der Waals surface area contributed by atoms with E-state index in [9.17, 15) is 4.79 Å². The third kappa shape index (κ3) is 4.04. The number of carbonyl (C=O) groups is 1. The smallest absolute Gasteiger partial charge is 0.246 e. The van der Waals surface area contributed by atoms with Crippen molar-refractivity contribution in [2.45, 2.75) is 45.6 Å². The highest BCUT2D eigenvalue weighted by atomic mass is 35.5. The number of thiazole rings is 1. The van der Waals surface area contributed by atoms with Crippen LogP contribution in [0.2, 0.25) is 10.0 Å². The molecule has 1 aliphatic heterocycles. The number of carbonyl (C=O) groups excluding carboxylic acids is 1. The molecule has 4 rings (SSSR count). The molecule has 1 aliphatic rings. The lowest BCUT2D eigenvalue weighted by Gasteiger charge is -2.14. The van der Waals surface area contributed by atoms with Gasteiger partial charge in [0.15, 0.2) is 5.13 Å². The second-order valence-corrected chi connectivity index (χ2v) is 10.00. The number of benzene rings is 1. The number of aromatic nitrogens is 2. The van der Waals surface area contributed by atoms with Crippen molar-refractivity contribution in [3.8, 4) is 0 Å².